The number of aromatic nitrogens is 2. The van der Waals surface area contributed by atoms with Gasteiger partial charge in [-0.2, -0.15) is 0 Å². The third kappa shape index (κ3) is 4.34. The number of amides is 1. The van der Waals surface area contributed by atoms with Gasteiger partial charge < -0.3 is 5.32 Å². The van der Waals surface area contributed by atoms with Crippen LogP contribution in [-0.2, 0) is 11.2 Å². The second kappa shape index (κ2) is 7.26. The van der Waals surface area contributed by atoms with Crippen LogP contribution in [0, 0.1) is 0 Å². The first-order valence-electron chi connectivity index (χ1n) is 5.70. The van der Waals surface area contributed by atoms with E-state index in [4.69, 9.17) is 23.2 Å². The smallest absolute Gasteiger partial charge is 0.226 e. The van der Waals surface area contributed by atoms with Crippen molar-refractivity contribution in [1.82, 2.24) is 10.2 Å². The molecule has 1 N–H and O–H groups in total. The van der Waals surface area contributed by atoms with E-state index in [9.17, 15) is 4.79 Å². The lowest BCUT2D eigenvalue weighted by Crippen LogP contribution is -2.12. The second-order valence-corrected chi connectivity index (χ2v) is 6.72. The Morgan fingerprint density at radius 2 is 2.15 bits per heavy atom. The molecule has 0 saturated heterocycles. The van der Waals surface area contributed by atoms with E-state index in [2.05, 4.69) is 15.5 Å². The zero-order valence-electron chi connectivity index (χ0n) is 10.5. The van der Waals surface area contributed by atoms with Gasteiger partial charge in [0.1, 0.15) is 0 Å². The molecule has 0 saturated carbocycles. The summed E-state index contributed by atoms with van der Waals surface area (Å²) < 4.78 is 0.824. The third-order valence-corrected chi connectivity index (χ3v) is 5.01. The Morgan fingerprint density at radius 1 is 1.35 bits per heavy atom. The molecule has 1 heterocycles. The van der Waals surface area contributed by atoms with Gasteiger partial charge >= 0.3 is 0 Å². The number of rotatable bonds is 5. The molecule has 0 spiro atoms. The Kier molecular flexibility index (Phi) is 5.65. The van der Waals surface area contributed by atoms with Crippen LogP contribution in [0.25, 0.3) is 0 Å². The summed E-state index contributed by atoms with van der Waals surface area (Å²) in [6.45, 7) is 0. The minimum absolute atomic E-state index is 0.0973. The van der Waals surface area contributed by atoms with Crippen LogP contribution in [-0.4, -0.2) is 22.4 Å². The van der Waals surface area contributed by atoms with Gasteiger partial charge in [-0.05, 0) is 30.4 Å². The zero-order chi connectivity index (χ0) is 14.5. The molecule has 0 bridgehead atoms. The van der Waals surface area contributed by atoms with Crippen LogP contribution in [0.2, 0.25) is 10.0 Å². The highest BCUT2D eigenvalue weighted by Gasteiger charge is 2.08. The quantitative estimate of drug-likeness (QED) is 0.652. The Morgan fingerprint density at radius 3 is 2.80 bits per heavy atom. The van der Waals surface area contributed by atoms with Crippen molar-refractivity contribution in [2.24, 2.45) is 0 Å². The summed E-state index contributed by atoms with van der Waals surface area (Å²) in [4.78, 5) is 11.8. The molecule has 0 unspecified atom stereocenters. The first-order valence-corrected chi connectivity index (χ1v) is 8.49. The molecule has 4 nitrogen and oxygen atoms in total. The molecule has 2 rings (SSSR count). The van der Waals surface area contributed by atoms with Crippen molar-refractivity contribution in [3.8, 4) is 0 Å². The van der Waals surface area contributed by atoms with Gasteiger partial charge in [-0.25, -0.2) is 0 Å². The minimum Gasteiger partial charge on any atom is -0.300 e. The van der Waals surface area contributed by atoms with Crippen LogP contribution in [0.4, 0.5) is 5.13 Å². The molecule has 106 valence electrons. The van der Waals surface area contributed by atoms with Gasteiger partial charge in [-0.1, -0.05) is 52.4 Å². The van der Waals surface area contributed by atoms with E-state index in [1.165, 1.54) is 23.1 Å². The second-order valence-electron chi connectivity index (χ2n) is 3.87. The van der Waals surface area contributed by atoms with E-state index >= 15 is 0 Å². The van der Waals surface area contributed by atoms with Crippen LogP contribution in [0.15, 0.2) is 22.5 Å². The highest BCUT2D eigenvalue weighted by atomic mass is 35.5. The maximum atomic E-state index is 11.8. The molecule has 0 aliphatic rings. The van der Waals surface area contributed by atoms with Crippen LogP contribution in [0.1, 0.15) is 12.0 Å². The maximum Gasteiger partial charge on any atom is 0.226 e. The van der Waals surface area contributed by atoms with E-state index < -0.39 is 0 Å². The van der Waals surface area contributed by atoms with Gasteiger partial charge in [0.25, 0.3) is 0 Å². The Hall–Kier alpha value is -0.820. The highest BCUT2D eigenvalue weighted by molar-refractivity contribution is 8.00. The van der Waals surface area contributed by atoms with E-state index in [1.807, 2.05) is 12.3 Å². The molecule has 0 aliphatic heterocycles. The lowest BCUT2D eigenvalue weighted by atomic mass is 10.1. The van der Waals surface area contributed by atoms with Gasteiger partial charge in [-0.15, -0.1) is 10.2 Å². The molecule has 8 heteroatoms. The molecular weight excluding hydrogens is 337 g/mol. The molecule has 0 atom stereocenters. The summed E-state index contributed by atoms with van der Waals surface area (Å²) >= 11 is 14.6. The molecule has 0 aliphatic carbocycles. The maximum absolute atomic E-state index is 11.8. The summed E-state index contributed by atoms with van der Waals surface area (Å²) in [7, 11) is 0. The fourth-order valence-corrected chi connectivity index (χ4v) is 2.98. The van der Waals surface area contributed by atoms with Crippen molar-refractivity contribution in [3.63, 3.8) is 0 Å². The van der Waals surface area contributed by atoms with Gasteiger partial charge in [0.2, 0.25) is 11.0 Å². The number of aryl methyl sites for hydroxylation is 1. The van der Waals surface area contributed by atoms with Crippen LogP contribution >= 0.6 is 46.3 Å². The number of carbonyl (C=O) groups excluding carboxylic acids is 1. The van der Waals surface area contributed by atoms with Gasteiger partial charge in [-0.3, -0.25) is 4.79 Å². The zero-order valence-corrected chi connectivity index (χ0v) is 13.7. The van der Waals surface area contributed by atoms with Gasteiger partial charge in [0, 0.05) is 6.42 Å². The number of hydrogen-bond donors (Lipinski definition) is 1. The number of carbonyl (C=O) groups is 1. The number of thioether (sulfide) groups is 1. The van der Waals surface area contributed by atoms with Crippen molar-refractivity contribution < 1.29 is 4.79 Å². The average Bonchev–Trinajstić information content (AvgIpc) is 2.88. The summed E-state index contributed by atoms with van der Waals surface area (Å²) in [5.74, 6) is -0.0973. The van der Waals surface area contributed by atoms with Crippen LogP contribution in [0.5, 0.6) is 0 Å². The minimum atomic E-state index is -0.0973. The molecule has 0 fully saturated rings. The lowest BCUT2D eigenvalue weighted by molar-refractivity contribution is -0.116. The summed E-state index contributed by atoms with van der Waals surface area (Å²) in [5.41, 5.74) is 0.969. The molecule has 1 aromatic heterocycles. The Balaban J connectivity index is 1.87. The monoisotopic (exact) mass is 347 g/mol. The largest absolute Gasteiger partial charge is 0.300 e. The standard InChI is InChI=1S/C12H11Cl2N3OS2/c1-19-12-17-16-11(20-12)15-10(18)5-3-7-2-4-8(13)9(14)6-7/h2,4,6H,3,5H2,1H3,(H,15,16,18). The summed E-state index contributed by atoms with van der Waals surface area (Å²) in [5, 5.41) is 12.1. The summed E-state index contributed by atoms with van der Waals surface area (Å²) in [6, 6.07) is 5.36. The van der Waals surface area contributed by atoms with Crippen molar-refractivity contribution in [3.05, 3.63) is 33.8 Å². The predicted octanol–water partition coefficient (Wildman–Crippen LogP) is 4.14. The van der Waals surface area contributed by atoms with Crippen molar-refractivity contribution in [1.29, 1.82) is 0 Å². The third-order valence-electron chi connectivity index (χ3n) is 2.45. The van der Waals surface area contributed by atoms with Crippen molar-refractivity contribution in [2.45, 2.75) is 17.2 Å². The number of nitrogens with zero attached hydrogens (tertiary/aromatic N) is 2. The van der Waals surface area contributed by atoms with E-state index in [1.54, 1.807) is 12.1 Å². The molecule has 0 radical (unpaired) electrons. The highest BCUT2D eigenvalue weighted by Crippen LogP contribution is 2.24. The Bertz CT molecular complexity index is 618. The Labute approximate surface area is 134 Å². The fourth-order valence-electron chi connectivity index (χ4n) is 1.48. The van der Waals surface area contributed by atoms with Crippen LogP contribution in [0.3, 0.4) is 0 Å². The lowest BCUT2D eigenvalue weighted by Gasteiger charge is -2.03. The van der Waals surface area contributed by atoms with Crippen molar-refractivity contribution >= 4 is 57.3 Å². The number of anilines is 1. The topological polar surface area (TPSA) is 54.9 Å². The fraction of sp³-hybridized carbons (Fsp3) is 0.250. The molecular formula is C12H11Cl2N3OS2. The van der Waals surface area contributed by atoms with Crippen LogP contribution < -0.4 is 5.32 Å². The average molecular weight is 348 g/mol. The molecule has 2 aromatic rings. The van der Waals surface area contributed by atoms with E-state index in [0.29, 0.717) is 28.0 Å². The number of halogens is 2. The number of benzene rings is 1. The molecule has 1 aromatic carbocycles. The number of hydrogen-bond acceptors (Lipinski definition) is 5. The summed E-state index contributed by atoms with van der Waals surface area (Å²) in [6.07, 6.45) is 2.86. The number of nitrogens with one attached hydrogen (secondary N) is 1. The van der Waals surface area contributed by atoms with Gasteiger partial charge in [0.05, 0.1) is 10.0 Å². The SMILES string of the molecule is CSc1nnc(NC(=O)CCc2ccc(Cl)c(Cl)c2)s1. The van der Waals surface area contributed by atoms with E-state index in [-0.39, 0.29) is 5.91 Å². The normalized spacial score (nSPS) is 10.6. The molecule has 20 heavy (non-hydrogen) atoms. The van der Waals surface area contributed by atoms with Crippen molar-refractivity contribution in [2.75, 3.05) is 11.6 Å². The molecule has 1 amide bonds. The predicted molar refractivity (Wildman–Crippen MR) is 85.1 cm³/mol. The van der Waals surface area contributed by atoms with E-state index in [0.717, 1.165) is 9.90 Å². The van der Waals surface area contributed by atoms with Gasteiger partial charge in [0.15, 0.2) is 4.34 Å². The first-order chi connectivity index (χ1) is 9.58. The first kappa shape index (κ1) is 15.6.